The number of rotatable bonds is 5. The maximum Gasteiger partial charge on any atom is -0.00121 e. The van der Waals surface area contributed by atoms with E-state index in [9.17, 15) is 0 Å². The molecule has 0 radical (unpaired) electrons. The van der Waals surface area contributed by atoms with Gasteiger partial charge in [0, 0.05) is 0 Å². The van der Waals surface area contributed by atoms with E-state index in [1.54, 1.807) is 0 Å². The molecule has 1 rings (SSSR count). The maximum absolute atomic E-state index is 3.41. The number of thioether (sulfide) groups is 1. The van der Waals surface area contributed by atoms with E-state index >= 15 is 0 Å². The number of nitrogens with one attached hydrogen (secondary N) is 1. The Morgan fingerprint density at radius 1 is 1.58 bits per heavy atom. The maximum atomic E-state index is 3.41. The van der Waals surface area contributed by atoms with E-state index in [-0.39, 0.29) is 0 Å². The zero-order valence-electron chi connectivity index (χ0n) is 8.31. The van der Waals surface area contributed by atoms with Crippen LogP contribution in [0.2, 0.25) is 0 Å². The normalized spacial score (nSPS) is 26.0. The molecule has 1 saturated heterocycles. The molecule has 1 N–H and O–H groups in total. The van der Waals surface area contributed by atoms with Crippen molar-refractivity contribution in [1.29, 1.82) is 0 Å². The molecule has 1 nitrogen and oxygen atoms in total. The average Bonchev–Trinajstić information content (AvgIpc) is 2.57. The van der Waals surface area contributed by atoms with Crippen molar-refractivity contribution in [1.82, 2.24) is 5.32 Å². The fourth-order valence-corrected chi connectivity index (χ4v) is 2.80. The summed E-state index contributed by atoms with van der Waals surface area (Å²) in [6, 6.07) is 0. The SMILES string of the molecule is CCC(C)CSCC1CCNC1. The number of hydrogen-bond donors (Lipinski definition) is 1. The van der Waals surface area contributed by atoms with Crippen LogP contribution in [0, 0.1) is 11.8 Å². The van der Waals surface area contributed by atoms with Gasteiger partial charge < -0.3 is 5.32 Å². The van der Waals surface area contributed by atoms with Crippen LogP contribution in [0.15, 0.2) is 0 Å². The molecule has 0 bridgehead atoms. The van der Waals surface area contributed by atoms with Gasteiger partial charge in [-0.05, 0) is 42.9 Å². The third-order valence-corrected chi connectivity index (χ3v) is 4.13. The molecule has 1 aliphatic rings. The molecule has 0 aromatic heterocycles. The lowest BCUT2D eigenvalue weighted by Crippen LogP contribution is -2.11. The lowest BCUT2D eigenvalue weighted by atomic mass is 10.2. The van der Waals surface area contributed by atoms with Crippen LogP contribution < -0.4 is 5.32 Å². The molecule has 0 aromatic rings. The Morgan fingerprint density at radius 2 is 2.42 bits per heavy atom. The van der Waals surface area contributed by atoms with Gasteiger partial charge in [0.15, 0.2) is 0 Å². The minimum absolute atomic E-state index is 0.907. The van der Waals surface area contributed by atoms with Gasteiger partial charge in [0.1, 0.15) is 0 Å². The second-order valence-corrected chi connectivity index (χ2v) is 4.98. The first-order chi connectivity index (χ1) is 5.83. The van der Waals surface area contributed by atoms with E-state index in [1.807, 2.05) is 0 Å². The third-order valence-electron chi connectivity index (χ3n) is 2.62. The Kier molecular flexibility index (Phi) is 5.08. The summed E-state index contributed by atoms with van der Waals surface area (Å²) in [6.07, 6.45) is 2.73. The minimum Gasteiger partial charge on any atom is -0.316 e. The first-order valence-corrected chi connectivity index (χ1v) is 6.26. The van der Waals surface area contributed by atoms with Crippen LogP contribution in [-0.4, -0.2) is 24.6 Å². The van der Waals surface area contributed by atoms with Gasteiger partial charge in [-0.3, -0.25) is 0 Å². The van der Waals surface area contributed by atoms with Crippen molar-refractivity contribution < 1.29 is 0 Å². The van der Waals surface area contributed by atoms with Gasteiger partial charge in [0.2, 0.25) is 0 Å². The van der Waals surface area contributed by atoms with E-state index in [0.717, 1.165) is 11.8 Å². The summed E-state index contributed by atoms with van der Waals surface area (Å²) in [5, 5.41) is 3.41. The van der Waals surface area contributed by atoms with Crippen LogP contribution in [-0.2, 0) is 0 Å². The molecule has 2 atom stereocenters. The Hall–Kier alpha value is 0.310. The summed E-state index contributed by atoms with van der Waals surface area (Å²) in [6.45, 7) is 7.13. The van der Waals surface area contributed by atoms with Crippen LogP contribution in [0.25, 0.3) is 0 Å². The van der Waals surface area contributed by atoms with Crippen molar-refractivity contribution in [3.05, 3.63) is 0 Å². The van der Waals surface area contributed by atoms with Gasteiger partial charge in [-0.1, -0.05) is 20.3 Å². The molecule has 2 heteroatoms. The second-order valence-electron chi connectivity index (χ2n) is 3.91. The topological polar surface area (TPSA) is 12.0 Å². The number of hydrogen-bond acceptors (Lipinski definition) is 2. The Bertz CT molecular complexity index is 110. The Labute approximate surface area is 80.7 Å². The minimum atomic E-state index is 0.907. The van der Waals surface area contributed by atoms with Crippen LogP contribution in [0.5, 0.6) is 0 Å². The lowest BCUT2D eigenvalue weighted by Gasteiger charge is -2.10. The molecule has 1 aliphatic heterocycles. The van der Waals surface area contributed by atoms with Crippen molar-refractivity contribution >= 4 is 11.8 Å². The summed E-state index contributed by atoms with van der Waals surface area (Å²) in [5.41, 5.74) is 0. The van der Waals surface area contributed by atoms with Gasteiger partial charge in [-0.25, -0.2) is 0 Å². The first-order valence-electron chi connectivity index (χ1n) is 5.11. The van der Waals surface area contributed by atoms with Crippen molar-refractivity contribution in [2.24, 2.45) is 11.8 Å². The first kappa shape index (κ1) is 10.4. The molecule has 12 heavy (non-hydrogen) atoms. The van der Waals surface area contributed by atoms with Crippen molar-refractivity contribution in [2.75, 3.05) is 24.6 Å². The van der Waals surface area contributed by atoms with Crippen LogP contribution >= 0.6 is 11.8 Å². The van der Waals surface area contributed by atoms with Crippen LogP contribution in [0.3, 0.4) is 0 Å². The van der Waals surface area contributed by atoms with Gasteiger partial charge in [-0.15, -0.1) is 0 Å². The molecular formula is C10H21NS. The lowest BCUT2D eigenvalue weighted by molar-refractivity contribution is 0.629. The van der Waals surface area contributed by atoms with Gasteiger partial charge >= 0.3 is 0 Å². The van der Waals surface area contributed by atoms with Crippen LogP contribution in [0.4, 0.5) is 0 Å². The van der Waals surface area contributed by atoms with Crippen molar-refractivity contribution in [3.8, 4) is 0 Å². The van der Waals surface area contributed by atoms with Crippen molar-refractivity contribution in [2.45, 2.75) is 26.7 Å². The van der Waals surface area contributed by atoms with E-state index in [4.69, 9.17) is 0 Å². The highest BCUT2D eigenvalue weighted by molar-refractivity contribution is 7.99. The summed E-state index contributed by atoms with van der Waals surface area (Å²) in [5.74, 6) is 4.59. The molecule has 0 saturated carbocycles. The van der Waals surface area contributed by atoms with Crippen molar-refractivity contribution in [3.63, 3.8) is 0 Å². The van der Waals surface area contributed by atoms with Gasteiger partial charge in [0.05, 0.1) is 0 Å². The molecule has 0 spiro atoms. The molecule has 2 unspecified atom stereocenters. The summed E-state index contributed by atoms with van der Waals surface area (Å²) in [7, 11) is 0. The Morgan fingerprint density at radius 3 is 3.00 bits per heavy atom. The Balaban J connectivity index is 1.94. The molecule has 0 aliphatic carbocycles. The zero-order chi connectivity index (χ0) is 8.81. The molecule has 1 fully saturated rings. The molecule has 0 amide bonds. The summed E-state index contributed by atoms with van der Waals surface area (Å²) < 4.78 is 0. The predicted octanol–water partition coefficient (Wildman–Crippen LogP) is 2.38. The predicted molar refractivity (Wildman–Crippen MR) is 57.8 cm³/mol. The van der Waals surface area contributed by atoms with Gasteiger partial charge in [0.25, 0.3) is 0 Å². The van der Waals surface area contributed by atoms with Gasteiger partial charge in [-0.2, -0.15) is 11.8 Å². The quantitative estimate of drug-likeness (QED) is 0.709. The van der Waals surface area contributed by atoms with Crippen LogP contribution in [0.1, 0.15) is 26.7 Å². The average molecular weight is 187 g/mol. The summed E-state index contributed by atoms with van der Waals surface area (Å²) >= 11 is 2.14. The fraction of sp³-hybridized carbons (Fsp3) is 1.00. The fourth-order valence-electron chi connectivity index (χ4n) is 1.41. The van der Waals surface area contributed by atoms with E-state index in [0.29, 0.717) is 0 Å². The standard InChI is InChI=1S/C10H21NS/c1-3-9(2)7-12-8-10-4-5-11-6-10/h9-11H,3-8H2,1-2H3. The smallest absolute Gasteiger partial charge is 0.00121 e. The van der Waals surface area contributed by atoms with E-state index in [2.05, 4.69) is 30.9 Å². The third kappa shape index (κ3) is 3.81. The highest BCUT2D eigenvalue weighted by Crippen LogP contribution is 2.18. The highest BCUT2D eigenvalue weighted by Gasteiger charge is 2.14. The van der Waals surface area contributed by atoms with E-state index in [1.165, 1.54) is 37.4 Å². The second kappa shape index (κ2) is 5.87. The molecule has 0 aromatic carbocycles. The molecule has 1 heterocycles. The summed E-state index contributed by atoms with van der Waals surface area (Å²) in [4.78, 5) is 0. The highest BCUT2D eigenvalue weighted by atomic mass is 32.2. The molecular weight excluding hydrogens is 166 g/mol. The molecule has 72 valence electrons. The zero-order valence-corrected chi connectivity index (χ0v) is 9.12. The monoisotopic (exact) mass is 187 g/mol. The van der Waals surface area contributed by atoms with E-state index < -0.39 is 0 Å². The largest absolute Gasteiger partial charge is 0.316 e.